The number of carbonyl (C=O) groups is 2. The van der Waals surface area contributed by atoms with Crippen molar-refractivity contribution in [3.63, 3.8) is 0 Å². The minimum absolute atomic E-state index is 0.242. The van der Waals surface area contributed by atoms with Gasteiger partial charge in [0.05, 0.1) is 17.9 Å². The van der Waals surface area contributed by atoms with Gasteiger partial charge in [-0.1, -0.05) is 49.7 Å². The maximum absolute atomic E-state index is 12.7. The van der Waals surface area contributed by atoms with Crippen LogP contribution in [0.15, 0.2) is 54.6 Å². The Morgan fingerprint density at radius 2 is 1.89 bits per heavy atom. The molecule has 0 unspecified atom stereocenters. The minimum atomic E-state index is -0.384. The second-order valence-corrected chi connectivity index (χ2v) is 7.32. The number of amides is 1. The quantitative estimate of drug-likeness (QED) is 0.434. The first-order chi connectivity index (χ1) is 13.6. The van der Waals surface area contributed by atoms with Crippen LogP contribution in [0.25, 0.3) is 10.6 Å². The number of nitrogens with zero attached hydrogens (tertiary/aromatic N) is 1. The van der Waals surface area contributed by atoms with Crippen LogP contribution >= 0.6 is 11.3 Å². The molecule has 0 aliphatic carbocycles. The molecule has 0 fully saturated rings. The summed E-state index contributed by atoms with van der Waals surface area (Å²) in [7, 11) is 0. The normalized spacial score (nSPS) is 10.5. The van der Waals surface area contributed by atoms with Crippen molar-refractivity contribution in [1.82, 2.24) is 4.98 Å². The van der Waals surface area contributed by atoms with Gasteiger partial charge < -0.3 is 10.1 Å². The lowest BCUT2D eigenvalue weighted by atomic mass is 10.2. The Balaban J connectivity index is 1.72. The molecule has 1 heterocycles. The number of anilines is 1. The molecule has 1 amide bonds. The van der Waals surface area contributed by atoms with Crippen LogP contribution in [0.4, 0.5) is 5.69 Å². The summed E-state index contributed by atoms with van der Waals surface area (Å²) in [6.07, 6.45) is 1.79. The molecular weight excluding hydrogens is 372 g/mol. The van der Waals surface area contributed by atoms with Crippen molar-refractivity contribution < 1.29 is 14.3 Å². The second kappa shape index (κ2) is 9.28. The molecule has 0 spiro atoms. The van der Waals surface area contributed by atoms with Crippen molar-refractivity contribution in [2.75, 3.05) is 11.9 Å². The number of carbonyl (C=O) groups excluding carboxylic acids is 2. The monoisotopic (exact) mass is 394 g/mol. The zero-order valence-corrected chi connectivity index (χ0v) is 16.7. The highest BCUT2D eigenvalue weighted by atomic mass is 32.1. The van der Waals surface area contributed by atoms with E-state index in [0.29, 0.717) is 28.4 Å². The molecule has 0 atom stereocenters. The Labute approximate surface area is 168 Å². The molecule has 5 nitrogen and oxygen atoms in total. The Morgan fingerprint density at radius 3 is 2.64 bits per heavy atom. The van der Waals surface area contributed by atoms with Gasteiger partial charge in [-0.25, -0.2) is 9.78 Å². The number of ether oxygens (including phenoxy) is 1. The van der Waals surface area contributed by atoms with E-state index in [1.807, 2.05) is 44.2 Å². The van der Waals surface area contributed by atoms with E-state index < -0.39 is 0 Å². The first-order valence-electron chi connectivity index (χ1n) is 9.20. The zero-order valence-electron chi connectivity index (χ0n) is 15.9. The molecule has 0 bridgehead atoms. The third-order valence-electron chi connectivity index (χ3n) is 4.11. The highest BCUT2D eigenvalue weighted by molar-refractivity contribution is 7.17. The van der Waals surface area contributed by atoms with Gasteiger partial charge in [-0.05, 0) is 31.5 Å². The third-order valence-corrected chi connectivity index (χ3v) is 5.32. The van der Waals surface area contributed by atoms with E-state index in [2.05, 4.69) is 10.3 Å². The number of benzene rings is 2. The van der Waals surface area contributed by atoms with E-state index in [-0.39, 0.29) is 11.9 Å². The smallest absolute Gasteiger partial charge is 0.338 e. The largest absolute Gasteiger partial charge is 0.462 e. The van der Waals surface area contributed by atoms with Crippen LogP contribution in [0.1, 0.15) is 45.5 Å². The summed E-state index contributed by atoms with van der Waals surface area (Å²) in [6, 6.07) is 16.5. The number of hydrogen-bond acceptors (Lipinski definition) is 5. The van der Waals surface area contributed by atoms with Gasteiger partial charge >= 0.3 is 5.97 Å². The summed E-state index contributed by atoms with van der Waals surface area (Å²) in [5.41, 5.74) is 2.62. The molecule has 0 aliphatic rings. The molecule has 1 aromatic heterocycles. The molecule has 0 saturated heterocycles. The molecule has 3 rings (SSSR count). The topological polar surface area (TPSA) is 68.3 Å². The fourth-order valence-electron chi connectivity index (χ4n) is 2.62. The molecule has 3 aromatic rings. The Kier molecular flexibility index (Phi) is 6.55. The van der Waals surface area contributed by atoms with Crippen LogP contribution < -0.4 is 5.32 Å². The van der Waals surface area contributed by atoms with E-state index in [4.69, 9.17) is 4.74 Å². The first-order valence-corrected chi connectivity index (χ1v) is 10.0. The number of rotatable bonds is 7. The molecule has 28 heavy (non-hydrogen) atoms. The molecular formula is C22H22N2O3S. The van der Waals surface area contributed by atoms with Crippen molar-refractivity contribution >= 4 is 28.9 Å². The number of aromatic nitrogens is 1. The molecule has 0 saturated carbocycles. The summed E-state index contributed by atoms with van der Waals surface area (Å²) in [4.78, 5) is 29.9. The van der Waals surface area contributed by atoms with Crippen LogP contribution in [-0.4, -0.2) is 23.5 Å². The Bertz CT molecular complexity index is 967. The van der Waals surface area contributed by atoms with Crippen LogP contribution in [-0.2, 0) is 4.74 Å². The van der Waals surface area contributed by atoms with Crippen LogP contribution in [0, 0.1) is 6.92 Å². The lowest BCUT2D eigenvalue weighted by Gasteiger charge is -2.07. The van der Waals surface area contributed by atoms with Crippen molar-refractivity contribution in [2.45, 2.75) is 26.7 Å². The lowest BCUT2D eigenvalue weighted by molar-refractivity contribution is 0.0499. The van der Waals surface area contributed by atoms with Crippen molar-refractivity contribution in [2.24, 2.45) is 0 Å². The van der Waals surface area contributed by atoms with Crippen molar-refractivity contribution in [3.05, 3.63) is 70.7 Å². The summed E-state index contributed by atoms with van der Waals surface area (Å²) in [5.74, 6) is -0.626. The van der Waals surface area contributed by atoms with Gasteiger partial charge in [-0.15, -0.1) is 11.3 Å². The first kappa shape index (κ1) is 19.8. The number of hydrogen-bond donors (Lipinski definition) is 1. The van der Waals surface area contributed by atoms with E-state index in [9.17, 15) is 9.59 Å². The predicted octanol–water partition coefficient (Wildman–Crippen LogP) is 5.33. The summed E-state index contributed by atoms with van der Waals surface area (Å²) >= 11 is 1.35. The third kappa shape index (κ3) is 4.84. The lowest BCUT2D eigenvalue weighted by Crippen LogP contribution is -2.12. The highest BCUT2D eigenvalue weighted by Gasteiger charge is 2.17. The van der Waals surface area contributed by atoms with Gasteiger partial charge in [0.1, 0.15) is 9.88 Å². The van der Waals surface area contributed by atoms with Gasteiger partial charge in [-0.3, -0.25) is 4.79 Å². The number of nitrogens with one attached hydrogen (secondary N) is 1. The van der Waals surface area contributed by atoms with Crippen LogP contribution in [0.3, 0.4) is 0 Å². The summed E-state index contributed by atoms with van der Waals surface area (Å²) < 4.78 is 5.22. The van der Waals surface area contributed by atoms with E-state index in [1.165, 1.54) is 11.3 Å². The van der Waals surface area contributed by atoms with E-state index in [0.717, 1.165) is 23.4 Å². The van der Waals surface area contributed by atoms with Crippen LogP contribution in [0.5, 0.6) is 0 Å². The predicted molar refractivity (Wildman–Crippen MR) is 112 cm³/mol. The molecule has 144 valence electrons. The molecule has 0 aliphatic heterocycles. The summed E-state index contributed by atoms with van der Waals surface area (Å²) in [5, 5.41) is 3.65. The second-order valence-electron chi connectivity index (χ2n) is 6.32. The van der Waals surface area contributed by atoms with Gasteiger partial charge in [0, 0.05) is 11.3 Å². The number of thiazole rings is 1. The Hall–Kier alpha value is -2.99. The summed E-state index contributed by atoms with van der Waals surface area (Å²) in [6.45, 7) is 4.25. The Morgan fingerprint density at radius 1 is 1.11 bits per heavy atom. The average Bonchev–Trinajstić information content (AvgIpc) is 3.11. The SMILES string of the molecule is CCCCOC(=O)c1cccc(NC(=O)c2sc(-c3ccccc3)nc2C)c1. The van der Waals surface area contributed by atoms with Gasteiger partial charge in [0.2, 0.25) is 0 Å². The van der Waals surface area contributed by atoms with Gasteiger partial charge in [0.25, 0.3) is 5.91 Å². The van der Waals surface area contributed by atoms with Crippen molar-refractivity contribution in [3.8, 4) is 10.6 Å². The average molecular weight is 394 g/mol. The fourth-order valence-corrected chi connectivity index (χ4v) is 3.58. The van der Waals surface area contributed by atoms with E-state index in [1.54, 1.807) is 24.3 Å². The van der Waals surface area contributed by atoms with E-state index >= 15 is 0 Å². The van der Waals surface area contributed by atoms with Gasteiger partial charge in [-0.2, -0.15) is 0 Å². The number of esters is 1. The molecule has 2 aromatic carbocycles. The van der Waals surface area contributed by atoms with Crippen molar-refractivity contribution in [1.29, 1.82) is 0 Å². The molecule has 1 N–H and O–H groups in total. The van der Waals surface area contributed by atoms with Gasteiger partial charge in [0.15, 0.2) is 0 Å². The fraction of sp³-hybridized carbons (Fsp3) is 0.227. The minimum Gasteiger partial charge on any atom is -0.462 e. The highest BCUT2D eigenvalue weighted by Crippen LogP contribution is 2.28. The zero-order chi connectivity index (χ0) is 19.9. The molecule has 6 heteroatoms. The molecule has 0 radical (unpaired) electrons. The maximum Gasteiger partial charge on any atom is 0.338 e. The number of unbranched alkanes of at least 4 members (excludes halogenated alkanes) is 1. The standard InChI is InChI=1S/C22H22N2O3S/c1-3-4-13-27-22(26)17-11-8-12-18(14-17)24-20(25)19-15(2)23-21(28-19)16-9-6-5-7-10-16/h5-12,14H,3-4,13H2,1-2H3,(H,24,25). The maximum atomic E-state index is 12.7. The van der Waals surface area contributed by atoms with Crippen LogP contribution in [0.2, 0.25) is 0 Å². The number of aryl methyl sites for hydroxylation is 1.